The fourth-order valence-electron chi connectivity index (χ4n) is 2.56. The number of pyridine rings is 1. The van der Waals surface area contributed by atoms with Gasteiger partial charge in [0, 0.05) is 18.7 Å². The van der Waals surface area contributed by atoms with Gasteiger partial charge in [-0.15, -0.1) is 0 Å². The number of aliphatic carboxylic acids is 1. The molecule has 0 spiro atoms. The fourth-order valence-corrected chi connectivity index (χ4v) is 3.61. The molecule has 3 N–H and O–H groups in total. The first-order valence-corrected chi connectivity index (χ1v) is 9.60. The second-order valence-corrected chi connectivity index (χ2v) is 7.50. The van der Waals surface area contributed by atoms with Gasteiger partial charge in [0.1, 0.15) is 10.6 Å². The van der Waals surface area contributed by atoms with E-state index in [-0.39, 0.29) is 12.5 Å². The normalized spacial score (nSPS) is 10.7. The Bertz CT molecular complexity index is 1000. The first-order valence-electron chi connectivity index (χ1n) is 8.38. The van der Waals surface area contributed by atoms with E-state index in [0.29, 0.717) is 34.8 Å². The van der Waals surface area contributed by atoms with Crippen molar-refractivity contribution < 1.29 is 14.7 Å². The number of fused-ring (bicyclic) bond motifs is 1. The van der Waals surface area contributed by atoms with Crippen LogP contribution in [-0.4, -0.2) is 33.6 Å². The topological polar surface area (TPSA) is 98.3 Å². The average molecular weight is 403 g/mol. The van der Waals surface area contributed by atoms with Crippen LogP contribution in [0.2, 0.25) is 0 Å². The summed E-state index contributed by atoms with van der Waals surface area (Å²) in [5.41, 5.74) is 1.50. The summed E-state index contributed by atoms with van der Waals surface area (Å²) >= 11 is 6.49. The highest BCUT2D eigenvalue weighted by Gasteiger charge is 2.18. The summed E-state index contributed by atoms with van der Waals surface area (Å²) in [6, 6.07) is 12.4. The Balaban J connectivity index is 1.81. The van der Waals surface area contributed by atoms with Crippen LogP contribution in [0.3, 0.4) is 0 Å². The lowest BCUT2D eigenvalue weighted by molar-refractivity contribution is -0.137. The second-order valence-electron chi connectivity index (χ2n) is 5.84. The third-order valence-corrected chi connectivity index (χ3v) is 4.98. The van der Waals surface area contributed by atoms with Gasteiger partial charge in [0.15, 0.2) is 3.95 Å². The molecule has 0 atom stereocenters. The van der Waals surface area contributed by atoms with E-state index in [2.05, 4.69) is 15.3 Å². The van der Waals surface area contributed by atoms with Gasteiger partial charge >= 0.3 is 12.0 Å². The number of amides is 2. The summed E-state index contributed by atoms with van der Waals surface area (Å²) in [4.78, 5) is 33.4. The molecule has 0 aliphatic rings. The number of hydrogen-bond donors (Lipinski definition) is 3. The molecule has 0 saturated heterocycles. The molecule has 3 rings (SSSR count). The van der Waals surface area contributed by atoms with E-state index in [1.165, 1.54) is 16.2 Å². The number of anilines is 2. The number of hydrogen-bond acceptors (Lipinski definition) is 5. The lowest BCUT2D eigenvalue weighted by atomic mass is 10.2. The first-order chi connectivity index (χ1) is 13.0. The third kappa shape index (κ3) is 5.11. The van der Waals surface area contributed by atoms with Crippen LogP contribution in [0.25, 0.3) is 10.3 Å². The van der Waals surface area contributed by atoms with E-state index in [1.807, 2.05) is 24.3 Å². The zero-order chi connectivity index (χ0) is 19.2. The number of rotatable bonds is 7. The number of carboxylic acid groups (broad SMARTS) is 1. The Kier molecular flexibility index (Phi) is 6.15. The van der Waals surface area contributed by atoms with E-state index < -0.39 is 5.97 Å². The Hall–Kier alpha value is -2.78. The number of nitrogens with one attached hydrogen (secondary N) is 2. The molecule has 1 aromatic carbocycles. The Morgan fingerprint density at radius 3 is 2.70 bits per heavy atom. The molecular formula is C18H18N4O3S2. The molecule has 2 aromatic heterocycles. The van der Waals surface area contributed by atoms with E-state index in [1.54, 1.807) is 18.2 Å². The van der Waals surface area contributed by atoms with E-state index in [9.17, 15) is 9.59 Å². The largest absolute Gasteiger partial charge is 0.481 e. The highest BCUT2D eigenvalue weighted by molar-refractivity contribution is 7.73. The quantitative estimate of drug-likeness (QED) is 0.395. The predicted octanol–water partition coefficient (Wildman–Crippen LogP) is 4.65. The Morgan fingerprint density at radius 1 is 1.19 bits per heavy atom. The Labute approximate surface area is 164 Å². The SMILES string of the molecule is O=C(O)CCCCN(C(=O)Nc1ccccc1)c1ccc2[nH]c(=S)sc2n1. The highest BCUT2D eigenvalue weighted by atomic mass is 32.1. The van der Waals surface area contributed by atoms with Crippen molar-refractivity contribution in [1.29, 1.82) is 0 Å². The monoisotopic (exact) mass is 402 g/mol. The zero-order valence-electron chi connectivity index (χ0n) is 14.3. The minimum Gasteiger partial charge on any atom is -0.481 e. The first kappa shape index (κ1) is 19.0. The number of benzene rings is 1. The third-order valence-electron chi connectivity index (χ3n) is 3.84. The van der Waals surface area contributed by atoms with Crippen LogP contribution in [0, 0.1) is 3.95 Å². The highest BCUT2D eigenvalue weighted by Crippen LogP contribution is 2.22. The minimum atomic E-state index is -0.845. The number of thiazole rings is 1. The van der Waals surface area contributed by atoms with Gasteiger partial charge in [-0.25, -0.2) is 9.78 Å². The van der Waals surface area contributed by atoms with Gasteiger partial charge in [-0.1, -0.05) is 29.5 Å². The molecular weight excluding hydrogens is 384 g/mol. The lowest BCUT2D eigenvalue weighted by Crippen LogP contribution is -2.36. The number of carboxylic acids is 1. The molecule has 0 fully saturated rings. The van der Waals surface area contributed by atoms with E-state index in [0.717, 1.165) is 10.3 Å². The smallest absolute Gasteiger partial charge is 0.327 e. The number of nitrogens with zero attached hydrogens (tertiary/aromatic N) is 2. The average Bonchev–Trinajstić information content (AvgIpc) is 3.01. The maximum absolute atomic E-state index is 12.8. The molecule has 2 amide bonds. The van der Waals surface area contributed by atoms with Gasteiger partial charge < -0.3 is 15.4 Å². The fraction of sp³-hybridized carbons (Fsp3) is 0.222. The number of aromatic amines is 1. The van der Waals surface area contributed by atoms with Crippen molar-refractivity contribution in [1.82, 2.24) is 9.97 Å². The summed E-state index contributed by atoms with van der Waals surface area (Å²) in [5, 5.41) is 11.7. The number of H-pyrrole nitrogens is 1. The number of para-hydroxylation sites is 1. The molecule has 0 aliphatic heterocycles. The summed E-state index contributed by atoms with van der Waals surface area (Å²) in [6.07, 6.45) is 1.10. The number of carbonyl (C=O) groups excluding carboxylic acids is 1. The van der Waals surface area contributed by atoms with Crippen LogP contribution in [0.15, 0.2) is 42.5 Å². The van der Waals surface area contributed by atoms with Gasteiger partial charge in [0.05, 0.1) is 5.52 Å². The van der Waals surface area contributed by atoms with Crippen molar-refractivity contribution in [2.24, 2.45) is 0 Å². The maximum atomic E-state index is 12.8. The molecule has 0 saturated carbocycles. The summed E-state index contributed by atoms with van der Waals surface area (Å²) in [7, 11) is 0. The van der Waals surface area contributed by atoms with Crippen LogP contribution in [0.4, 0.5) is 16.3 Å². The molecule has 2 heterocycles. The van der Waals surface area contributed by atoms with Crippen LogP contribution in [0.1, 0.15) is 19.3 Å². The van der Waals surface area contributed by atoms with Gasteiger partial charge in [-0.05, 0) is 49.3 Å². The number of unbranched alkanes of at least 4 members (excludes halogenated alkanes) is 1. The van der Waals surface area contributed by atoms with Crippen LogP contribution < -0.4 is 10.2 Å². The zero-order valence-corrected chi connectivity index (χ0v) is 16.0. The molecule has 0 radical (unpaired) electrons. The second kappa shape index (κ2) is 8.74. The molecule has 0 aliphatic carbocycles. The van der Waals surface area contributed by atoms with Crippen molar-refractivity contribution in [3.8, 4) is 0 Å². The Morgan fingerprint density at radius 2 is 1.96 bits per heavy atom. The van der Waals surface area contributed by atoms with Gasteiger partial charge in [-0.3, -0.25) is 9.69 Å². The van der Waals surface area contributed by atoms with Gasteiger partial charge in [0.25, 0.3) is 0 Å². The van der Waals surface area contributed by atoms with Crippen molar-refractivity contribution in [2.45, 2.75) is 19.3 Å². The van der Waals surface area contributed by atoms with Crippen molar-refractivity contribution in [3.05, 3.63) is 46.4 Å². The van der Waals surface area contributed by atoms with Crippen molar-refractivity contribution in [3.63, 3.8) is 0 Å². The lowest BCUT2D eigenvalue weighted by Gasteiger charge is -2.22. The van der Waals surface area contributed by atoms with Gasteiger partial charge in [-0.2, -0.15) is 0 Å². The van der Waals surface area contributed by atoms with Gasteiger partial charge in [0.2, 0.25) is 0 Å². The van der Waals surface area contributed by atoms with Crippen molar-refractivity contribution in [2.75, 3.05) is 16.8 Å². The number of aromatic nitrogens is 2. The number of carbonyl (C=O) groups is 2. The molecule has 27 heavy (non-hydrogen) atoms. The molecule has 3 aromatic rings. The predicted molar refractivity (Wildman–Crippen MR) is 109 cm³/mol. The molecule has 0 unspecified atom stereocenters. The summed E-state index contributed by atoms with van der Waals surface area (Å²) < 4.78 is 0.622. The molecule has 0 bridgehead atoms. The van der Waals surface area contributed by atoms with E-state index >= 15 is 0 Å². The maximum Gasteiger partial charge on any atom is 0.327 e. The van der Waals surface area contributed by atoms with Crippen LogP contribution in [0.5, 0.6) is 0 Å². The molecule has 9 heteroatoms. The van der Waals surface area contributed by atoms with E-state index in [4.69, 9.17) is 17.3 Å². The van der Waals surface area contributed by atoms with Crippen molar-refractivity contribution >= 4 is 57.4 Å². The van der Waals surface area contributed by atoms with Crippen LogP contribution >= 0.6 is 23.6 Å². The molecule has 7 nitrogen and oxygen atoms in total. The molecule has 140 valence electrons. The van der Waals surface area contributed by atoms with Crippen LogP contribution in [-0.2, 0) is 4.79 Å². The standard InChI is InChI=1S/C18H18N4O3S2/c23-15(24)8-4-5-11-22(17(25)19-12-6-2-1-3-7-12)14-10-9-13-16(21-14)27-18(26)20-13/h1-3,6-7,9-10H,4-5,8,11H2,(H,19,25)(H,20,26)(H,23,24). The number of urea groups is 1. The minimum absolute atomic E-state index is 0.0692. The summed E-state index contributed by atoms with van der Waals surface area (Å²) in [6.45, 7) is 0.361. The summed E-state index contributed by atoms with van der Waals surface area (Å²) in [5.74, 6) is -0.349.